The van der Waals surface area contributed by atoms with Crippen LogP contribution in [0.3, 0.4) is 0 Å². The summed E-state index contributed by atoms with van der Waals surface area (Å²) < 4.78 is 37.8. The molecule has 0 aliphatic carbocycles. The first-order valence-corrected chi connectivity index (χ1v) is 8.15. The number of hydrogen-bond donors (Lipinski definition) is 2. The summed E-state index contributed by atoms with van der Waals surface area (Å²) in [7, 11) is -3.74. The number of anilines is 1. The fourth-order valence-corrected chi connectivity index (χ4v) is 3.75. The Labute approximate surface area is 119 Å². The number of hydrogen-bond acceptors (Lipinski definition) is 4. The summed E-state index contributed by atoms with van der Waals surface area (Å²) in [5.74, 6) is -0.622. The van der Waals surface area contributed by atoms with E-state index in [9.17, 15) is 12.8 Å². The topological polar surface area (TPSA) is 75.4 Å². The molecule has 1 aromatic carbocycles. The number of nitrogens with zero attached hydrogens (tertiary/aromatic N) is 1. The summed E-state index contributed by atoms with van der Waals surface area (Å²) in [5.41, 5.74) is 5.25. The molecule has 0 radical (unpaired) electrons. The number of nitrogens with two attached hydrogens (primary N) is 1. The van der Waals surface area contributed by atoms with Gasteiger partial charge >= 0.3 is 0 Å². The van der Waals surface area contributed by atoms with Gasteiger partial charge in [-0.25, -0.2) is 17.8 Å². The Hall–Kier alpha value is -1.18. The number of benzene rings is 1. The molecule has 1 saturated heterocycles. The van der Waals surface area contributed by atoms with E-state index in [0.29, 0.717) is 0 Å². The molecule has 0 bridgehead atoms. The van der Waals surface area contributed by atoms with Crippen molar-refractivity contribution in [3.63, 3.8) is 0 Å². The Bertz CT molecular complexity index is 581. The minimum atomic E-state index is -3.74. The van der Waals surface area contributed by atoms with Crippen molar-refractivity contribution in [3.05, 3.63) is 24.0 Å². The van der Waals surface area contributed by atoms with Crippen LogP contribution in [0.25, 0.3) is 0 Å². The van der Waals surface area contributed by atoms with E-state index in [4.69, 9.17) is 5.73 Å². The molecule has 0 saturated carbocycles. The second-order valence-electron chi connectivity index (χ2n) is 5.31. The molecule has 2 rings (SSSR count). The van der Waals surface area contributed by atoms with Crippen molar-refractivity contribution >= 4 is 15.7 Å². The summed E-state index contributed by atoms with van der Waals surface area (Å²) in [4.78, 5) is 2.56. The predicted molar refractivity (Wildman–Crippen MR) is 75.7 cm³/mol. The quantitative estimate of drug-likeness (QED) is 0.836. The summed E-state index contributed by atoms with van der Waals surface area (Å²) in [6.07, 6.45) is 2.97. The third kappa shape index (κ3) is 3.11. The largest absolute Gasteiger partial charge is 0.396 e. The summed E-state index contributed by atoms with van der Waals surface area (Å²) in [5, 5.41) is 1.75. The molecule has 0 aromatic heterocycles. The van der Waals surface area contributed by atoms with E-state index >= 15 is 0 Å². The lowest BCUT2D eigenvalue weighted by molar-refractivity contribution is 0.0790. The average molecular weight is 301 g/mol. The molecular formula is C13H20FN3O2S. The molecule has 2 atom stereocenters. The van der Waals surface area contributed by atoms with Gasteiger partial charge in [0.25, 0.3) is 10.0 Å². The van der Waals surface area contributed by atoms with Crippen LogP contribution >= 0.6 is 0 Å². The van der Waals surface area contributed by atoms with Crippen molar-refractivity contribution in [2.75, 3.05) is 5.73 Å². The predicted octanol–water partition coefficient (Wildman–Crippen LogP) is 1.86. The van der Waals surface area contributed by atoms with Crippen LogP contribution in [0.1, 0.15) is 33.1 Å². The number of halogens is 1. The first kappa shape index (κ1) is 15.2. The average Bonchev–Trinajstić information content (AvgIpc) is 2.37. The number of nitrogens with one attached hydrogen (secondary N) is 1. The zero-order valence-electron chi connectivity index (χ0n) is 11.6. The van der Waals surface area contributed by atoms with Crippen LogP contribution in [0.4, 0.5) is 10.1 Å². The Balaban J connectivity index is 2.24. The van der Waals surface area contributed by atoms with Gasteiger partial charge in [0, 0.05) is 12.1 Å². The zero-order chi connectivity index (χ0) is 14.9. The minimum absolute atomic E-state index is 0.0265. The van der Waals surface area contributed by atoms with E-state index in [0.717, 1.165) is 31.4 Å². The molecule has 3 N–H and O–H groups in total. The number of piperidine rings is 1. The molecule has 7 heteroatoms. The maximum atomic E-state index is 13.1. The Morgan fingerprint density at radius 3 is 2.45 bits per heavy atom. The fraction of sp³-hybridized carbons (Fsp3) is 0.538. The zero-order valence-corrected chi connectivity index (χ0v) is 12.5. The van der Waals surface area contributed by atoms with E-state index in [1.54, 1.807) is 5.01 Å². The van der Waals surface area contributed by atoms with Crippen LogP contribution in [0.2, 0.25) is 0 Å². The van der Waals surface area contributed by atoms with E-state index < -0.39 is 15.8 Å². The smallest absolute Gasteiger partial charge is 0.253 e. The lowest BCUT2D eigenvalue weighted by Gasteiger charge is -2.38. The molecule has 20 heavy (non-hydrogen) atoms. The van der Waals surface area contributed by atoms with Crippen LogP contribution in [0, 0.1) is 5.82 Å². The first-order chi connectivity index (χ1) is 9.31. The summed E-state index contributed by atoms with van der Waals surface area (Å²) in [6.45, 7) is 3.97. The highest BCUT2D eigenvalue weighted by Gasteiger charge is 2.29. The monoisotopic (exact) mass is 301 g/mol. The van der Waals surface area contributed by atoms with Crippen LogP contribution in [0.5, 0.6) is 0 Å². The van der Waals surface area contributed by atoms with Gasteiger partial charge in [-0.05, 0) is 44.9 Å². The standard InChI is InChI=1S/C13H20FN3O2S/c1-9-4-3-5-10(2)17(9)16-20(18,19)11-6-7-12(14)13(15)8-11/h6-10,16H,3-5,15H2,1-2H3. The van der Waals surface area contributed by atoms with E-state index in [2.05, 4.69) is 4.83 Å². The lowest BCUT2D eigenvalue weighted by Crippen LogP contribution is -2.53. The number of sulfonamides is 1. The lowest BCUT2D eigenvalue weighted by atomic mass is 10.0. The molecule has 0 amide bonds. The Kier molecular flexibility index (Phi) is 4.31. The molecular weight excluding hydrogens is 281 g/mol. The van der Waals surface area contributed by atoms with Gasteiger partial charge in [0.1, 0.15) is 5.82 Å². The Morgan fingerprint density at radius 2 is 1.90 bits per heavy atom. The van der Waals surface area contributed by atoms with Crippen molar-refractivity contribution in [1.82, 2.24) is 9.84 Å². The third-order valence-corrected chi connectivity index (χ3v) is 5.02. The van der Waals surface area contributed by atoms with Gasteiger partial charge in [-0.2, -0.15) is 0 Å². The molecule has 1 aromatic rings. The highest BCUT2D eigenvalue weighted by atomic mass is 32.2. The van der Waals surface area contributed by atoms with Crippen molar-refractivity contribution in [1.29, 1.82) is 0 Å². The van der Waals surface area contributed by atoms with E-state index in [-0.39, 0.29) is 22.7 Å². The summed E-state index contributed by atoms with van der Waals surface area (Å²) >= 11 is 0. The van der Waals surface area contributed by atoms with Gasteiger partial charge in [0.2, 0.25) is 0 Å². The molecule has 2 unspecified atom stereocenters. The molecule has 5 nitrogen and oxygen atoms in total. The number of rotatable bonds is 3. The van der Waals surface area contributed by atoms with Crippen LogP contribution in [-0.2, 0) is 10.0 Å². The van der Waals surface area contributed by atoms with Crippen molar-refractivity contribution in [3.8, 4) is 0 Å². The van der Waals surface area contributed by atoms with E-state index in [1.807, 2.05) is 13.8 Å². The third-order valence-electron chi connectivity index (χ3n) is 3.70. The van der Waals surface area contributed by atoms with Crippen molar-refractivity contribution in [2.45, 2.75) is 50.1 Å². The van der Waals surface area contributed by atoms with Crippen LogP contribution in [0.15, 0.2) is 23.1 Å². The molecule has 1 aliphatic rings. The number of nitrogen functional groups attached to an aromatic ring is 1. The molecule has 1 aliphatic heterocycles. The SMILES string of the molecule is CC1CCCC(C)N1NS(=O)(=O)c1ccc(F)c(N)c1. The highest BCUT2D eigenvalue weighted by Crippen LogP contribution is 2.23. The Morgan fingerprint density at radius 1 is 1.30 bits per heavy atom. The highest BCUT2D eigenvalue weighted by molar-refractivity contribution is 7.89. The van der Waals surface area contributed by atoms with Crippen molar-refractivity contribution < 1.29 is 12.8 Å². The minimum Gasteiger partial charge on any atom is -0.396 e. The van der Waals surface area contributed by atoms with Gasteiger partial charge < -0.3 is 5.73 Å². The molecule has 0 spiro atoms. The molecule has 1 heterocycles. The maximum Gasteiger partial charge on any atom is 0.253 e. The number of hydrazine groups is 1. The van der Waals surface area contributed by atoms with Crippen LogP contribution < -0.4 is 10.6 Å². The second kappa shape index (κ2) is 5.67. The summed E-state index contributed by atoms with van der Waals surface area (Å²) in [6, 6.07) is 3.68. The van der Waals surface area contributed by atoms with Gasteiger partial charge in [-0.3, -0.25) is 0 Å². The van der Waals surface area contributed by atoms with Gasteiger partial charge in [-0.1, -0.05) is 6.42 Å². The fourth-order valence-electron chi connectivity index (χ4n) is 2.48. The van der Waals surface area contributed by atoms with Gasteiger partial charge in [0.15, 0.2) is 0 Å². The second-order valence-corrected chi connectivity index (χ2v) is 6.98. The molecule has 112 valence electrons. The van der Waals surface area contributed by atoms with E-state index in [1.165, 1.54) is 6.07 Å². The first-order valence-electron chi connectivity index (χ1n) is 6.67. The van der Waals surface area contributed by atoms with Crippen molar-refractivity contribution in [2.24, 2.45) is 0 Å². The van der Waals surface area contributed by atoms with Crippen LogP contribution in [-0.4, -0.2) is 25.5 Å². The molecule has 1 fully saturated rings. The van der Waals surface area contributed by atoms with Gasteiger partial charge in [-0.15, -0.1) is 4.83 Å². The van der Waals surface area contributed by atoms with Gasteiger partial charge in [0.05, 0.1) is 10.6 Å². The maximum absolute atomic E-state index is 13.1. The normalized spacial score (nSPS) is 24.8.